The summed E-state index contributed by atoms with van der Waals surface area (Å²) in [5.74, 6) is 0.0472. The van der Waals surface area contributed by atoms with Crippen LogP contribution < -0.4 is 0 Å². The van der Waals surface area contributed by atoms with Crippen molar-refractivity contribution in [3.05, 3.63) is 5.82 Å². The highest BCUT2D eigenvalue weighted by Gasteiger charge is 2.40. The number of carboxylic acids is 1. The Balaban J connectivity index is 2.20. The number of carbonyl (C=O) groups is 1. The molecule has 6 nitrogen and oxygen atoms in total. The van der Waals surface area contributed by atoms with Crippen LogP contribution in [0.15, 0.2) is 0 Å². The average Bonchev–Trinajstić information content (AvgIpc) is 2.77. The molecule has 94 valence electrons. The molecule has 0 aliphatic heterocycles. The van der Waals surface area contributed by atoms with Gasteiger partial charge < -0.3 is 5.11 Å². The van der Waals surface area contributed by atoms with Gasteiger partial charge in [-0.25, -0.2) is 4.68 Å². The first kappa shape index (κ1) is 12.0. The topological polar surface area (TPSA) is 80.9 Å². The number of aromatic nitrogens is 4. The van der Waals surface area contributed by atoms with Crippen LogP contribution in [0.5, 0.6) is 0 Å². The average molecular weight is 238 g/mol. The first-order chi connectivity index (χ1) is 8.18. The van der Waals surface area contributed by atoms with Gasteiger partial charge in [0.05, 0.1) is 12.0 Å². The molecule has 1 saturated carbocycles. The summed E-state index contributed by atoms with van der Waals surface area (Å²) in [7, 11) is 0. The maximum Gasteiger partial charge on any atom is 0.311 e. The van der Waals surface area contributed by atoms with E-state index >= 15 is 0 Å². The molecule has 0 radical (unpaired) electrons. The lowest BCUT2D eigenvalue weighted by molar-refractivity contribution is -0.152. The number of hydrogen-bond acceptors (Lipinski definition) is 4. The predicted molar refractivity (Wildman–Crippen MR) is 60.3 cm³/mol. The smallest absolute Gasteiger partial charge is 0.311 e. The van der Waals surface area contributed by atoms with Gasteiger partial charge in [-0.2, -0.15) is 0 Å². The minimum absolute atomic E-state index is 0.401. The number of aryl methyl sites for hydroxylation is 1. The molecule has 2 rings (SSSR count). The van der Waals surface area contributed by atoms with E-state index in [1.807, 2.05) is 6.92 Å². The molecule has 0 aromatic carbocycles. The molecule has 17 heavy (non-hydrogen) atoms. The lowest BCUT2D eigenvalue weighted by Gasteiger charge is -2.32. The Morgan fingerprint density at radius 3 is 2.71 bits per heavy atom. The highest BCUT2D eigenvalue weighted by atomic mass is 16.4. The summed E-state index contributed by atoms with van der Waals surface area (Å²) in [6, 6.07) is 0. The van der Waals surface area contributed by atoms with Crippen molar-refractivity contribution in [3.63, 3.8) is 0 Å². The molecule has 0 amide bonds. The van der Waals surface area contributed by atoms with Crippen LogP contribution in [0.3, 0.4) is 0 Å². The van der Waals surface area contributed by atoms with Gasteiger partial charge >= 0.3 is 5.97 Å². The van der Waals surface area contributed by atoms with Crippen LogP contribution in [0.2, 0.25) is 0 Å². The zero-order valence-corrected chi connectivity index (χ0v) is 10.1. The van der Waals surface area contributed by atoms with Crippen LogP contribution in [0, 0.1) is 5.41 Å². The van der Waals surface area contributed by atoms with Crippen LogP contribution in [0.4, 0.5) is 0 Å². The van der Waals surface area contributed by atoms with E-state index in [9.17, 15) is 9.90 Å². The molecule has 1 N–H and O–H groups in total. The standard InChI is InChI=1S/C11H18N4O2/c1-2-9-12-13-14-15(9)8-11(10(16)17)6-4-3-5-7-11/h2-8H2,1H3,(H,16,17). The molecular weight excluding hydrogens is 220 g/mol. The molecule has 6 heteroatoms. The van der Waals surface area contributed by atoms with Gasteiger partial charge in [0.2, 0.25) is 0 Å². The minimum Gasteiger partial charge on any atom is -0.481 e. The first-order valence-corrected chi connectivity index (χ1v) is 6.16. The molecule has 1 aromatic rings. The third-order valence-corrected chi connectivity index (χ3v) is 3.64. The van der Waals surface area contributed by atoms with Gasteiger partial charge in [-0.3, -0.25) is 4.79 Å². The lowest BCUT2D eigenvalue weighted by atomic mass is 9.74. The van der Waals surface area contributed by atoms with Crippen molar-refractivity contribution in [2.24, 2.45) is 5.41 Å². The van der Waals surface area contributed by atoms with Crippen molar-refractivity contribution in [3.8, 4) is 0 Å². The van der Waals surface area contributed by atoms with Gasteiger partial charge in [0, 0.05) is 6.42 Å². The molecule has 1 aliphatic carbocycles. The van der Waals surface area contributed by atoms with Crippen molar-refractivity contribution >= 4 is 5.97 Å². The summed E-state index contributed by atoms with van der Waals surface area (Å²) in [6.45, 7) is 2.37. The number of tetrazole rings is 1. The van der Waals surface area contributed by atoms with Crippen molar-refractivity contribution in [2.75, 3.05) is 0 Å². The quantitative estimate of drug-likeness (QED) is 0.854. The van der Waals surface area contributed by atoms with E-state index in [1.54, 1.807) is 4.68 Å². The summed E-state index contributed by atoms with van der Waals surface area (Å²) in [4.78, 5) is 11.5. The summed E-state index contributed by atoms with van der Waals surface area (Å²) in [5.41, 5.74) is -0.669. The predicted octanol–water partition coefficient (Wildman–Crippen LogP) is 1.27. The first-order valence-electron chi connectivity index (χ1n) is 6.16. The molecule has 1 aromatic heterocycles. The van der Waals surface area contributed by atoms with E-state index in [4.69, 9.17) is 0 Å². The van der Waals surface area contributed by atoms with Crippen LogP contribution in [0.25, 0.3) is 0 Å². The van der Waals surface area contributed by atoms with Gasteiger partial charge in [-0.15, -0.1) is 5.10 Å². The highest BCUT2D eigenvalue weighted by molar-refractivity contribution is 5.74. The van der Waals surface area contributed by atoms with Gasteiger partial charge in [-0.1, -0.05) is 26.2 Å². The summed E-state index contributed by atoms with van der Waals surface area (Å²) < 4.78 is 1.65. The van der Waals surface area contributed by atoms with E-state index in [0.717, 1.165) is 44.3 Å². The maximum absolute atomic E-state index is 11.5. The largest absolute Gasteiger partial charge is 0.481 e. The molecule has 1 aliphatic rings. The molecular formula is C11H18N4O2. The monoisotopic (exact) mass is 238 g/mol. The van der Waals surface area contributed by atoms with E-state index < -0.39 is 11.4 Å². The minimum atomic E-state index is -0.713. The van der Waals surface area contributed by atoms with E-state index in [2.05, 4.69) is 15.5 Å². The Morgan fingerprint density at radius 2 is 2.12 bits per heavy atom. The van der Waals surface area contributed by atoms with E-state index in [1.165, 1.54) is 0 Å². The van der Waals surface area contributed by atoms with Crippen LogP contribution >= 0.6 is 0 Å². The van der Waals surface area contributed by atoms with Gasteiger partial charge in [0.15, 0.2) is 5.82 Å². The third-order valence-electron chi connectivity index (χ3n) is 3.64. The highest BCUT2D eigenvalue weighted by Crippen LogP contribution is 2.38. The normalized spacial score (nSPS) is 19.1. The van der Waals surface area contributed by atoms with Crippen molar-refractivity contribution in [2.45, 2.75) is 52.0 Å². The Labute approximate surface area is 100 Å². The van der Waals surface area contributed by atoms with Crippen molar-refractivity contribution in [1.82, 2.24) is 20.2 Å². The van der Waals surface area contributed by atoms with Gasteiger partial charge in [0.25, 0.3) is 0 Å². The van der Waals surface area contributed by atoms with E-state index in [0.29, 0.717) is 6.54 Å². The molecule has 0 atom stereocenters. The maximum atomic E-state index is 11.5. The number of nitrogens with zero attached hydrogens (tertiary/aromatic N) is 4. The summed E-state index contributed by atoms with van der Waals surface area (Å²) in [5, 5.41) is 20.9. The zero-order valence-electron chi connectivity index (χ0n) is 10.1. The second kappa shape index (κ2) is 4.81. The zero-order chi connectivity index (χ0) is 12.3. The molecule has 0 unspecified atom stereocenters. The Hall–Kier alpha value is -1.46. The lowest BCUT2D eigenvalue weighted by Crippen LogP contribution is -2.38. The fourth-order valence-corrected chi connectivity index (χ4v) is 2.55. The van der Waals surface area contributed by atoms with Crippen molar-refractivity contribution < 1.29 is 9.90 Å². The SMILES string of the molecule is CCc1nnnn1CC1(C(=O)O)CCCCC1. The molecule has 0 saturated heterocycles. The number of aliphatic carboxylic acids is 1. The second-order valence-corrected chi connectivity index (χ2v) is 4.75. The Kier molecular flexibility index (Phi) is 3.40. The summed E-state index contributed by atoms with van der Waals surface area (Å²) in [6.07, 6.45) is 5.27. The molecule has 0 spiro atoms. The third kappa shape index (κ3) is 2.30. The van der Waals surface area contributed by atoms with Gasteiger partial charge in [0.1, 0.15) is 0 Å². The van der Waals surface area contributed by atoms with Crippen LogP contribution in [0.1, 0.15) is 44.9 Å². The Morgan fingerprint density at radius 1 is 1.41 bits per heavy atom. The number of carboxylic acid groups (broad SMARTS) is 1. The number of hydrogen-bond donors (Lipinski definition) is 1. The fourth-order valence-electron chi connectivity index (χ4n) is 2.55. The molecule has 0 bridgehead atoms. The number of rotatable bonds is 4. The molecule has 1 heterocycles. The second-order valence-electron chi connectivity index (χ2n) is 4.75. The van der Waals surface area contributed by atoms with Gasteiger partial charge in [-0.05, 0) is 23.3 Å². The van der Waals surface area contributed by atoms with E-state index in [-0.39, 0.29) is 0 Å². The van der Waals surface area contributed by atoms with Crippen molar-refractivity contribution in [1.29, 1.82) is 0 Å². The fraction of sp³-hybridized carbons (Fsp3) is 0.818. The van der Waals surface area contributed by atoms with Crippen LogP contribution in [-0.2, 0) is 17.8 Å². The molecule has 1 fully saturated rings. The van der Waals surface area contributed by atoms with Crippen LogP contribution in [-0.4, -0.2) is 31.3 Å². The summed E-state index contributed by atoms with van der Waals surface area (Å²) >= 11 is 0. The Bertz CT molecular complexity index is 396.